The van der Waals surface area contributed by atoms with Crippen molar-refractivity contribution < 1.29 is 4.79 Å². The van der Waals surface area contributed by atoms with Crippen molar-refractivity contribution in [1.29, 1.82) is 0 Å². The lowest BCUT2D eigenvalue weighted by Gasteiger charge is -1.96. The number of hydrogen-bond donors (Lipinski definition) is 1. The smallest absolute Gasteiger partial charge is 0.176 e. The summed E-state index contributed by atoms with van der Waals surface area (Å²) in [7, 11) is 0. The summed E-state index contributed by atoms with van der Waals surface area (Å²) in [5.74, 6) is 0.0368. The second-order valence-corrected chi connectivity index (χ2v) is 5.14. The fraction of sp³-hybridized carbons (Fsp3) is 0.182. The Hall–Kier alpha value is -0.550. The van der Waals surface area contributed by atoms with Crippen molar-refractivity contribution in [3.8, 4) is 0 Å². The number of carbonyl (C=O) groups is 1. The van der Waals surface area contributed by atoms with Crippen LogP contribution in [0.3, 0.4) is 0 Å². The first-order valence-electron chi connectivity index (χ1n) is 4.49. The van der Waals surface area contributed by atoms with Gasteiger partial charge < -0.3 is 4.98 Å². The molecule has 0 spiro atoms. The summed E-state index contributed by atoms with van der Waals surface area (Å²) < 4.78 is 1.07. The van der Waals surface area contributed by atoms with Crippen LogP contribution in [0.25, 0.3) is 10.9 Å². The van der Waals surface area contributed by atoms with Crippen molar-refractivity contribution in [3.05, 3.63) is 32.0 Å². The van der Waals surface area contributed by atoms with Gasteiger partial charge in [-0.25, -0.2) is 0 Å². The first-order chi connectivity index (χ1) is 7.00. The molecule has 2 aromatic rings. The number of H-pyrrole nitrogens is 1. The van der Waals surface area contributed by atoms with Gasteiger partial charge in [0.2, 0.25) is 0 Å². The number of aromatic amines is 1. The van der Waals surface area contributed by atoms with Crippen LogP contribution in [0.15, 0.2) is 12.1 Å². The number of hydrogen-bond acceptors (Lipinski definition) is 1. The molecule has 0 saturated heterocycles. The van der Waals surface area contributed by atoms with Gasteiger partial charge in [0.15, 0.2) is 5.78 Å². The number of fused-ring (bicyclic) bond motifs is 1. The lowest BCUT2D eigenvalue weighted by atomic mass is 10.1. The van der Waals surface area contributed by atoms with Gasteiger partial charge in [-0.05, 0) is 47.2 Å². The molecule has 2 rings (SSSR count). The highest BCUT2D eigenvalue weighted by Crippen LogP contribution is 2.30. The fourth-order valence-electron chi connectivity index (χ4n) is 1.70. The van der Waals surface area contributed by atoms with E-state index < -0.39 is 0 Å². The van der Waals surface area contributed by atoms with E-state index in [9.17, 15) is 4.79 Å². The van der Waals surface area contributed by atoms with E-state index in [1.54, 1.807) is 6.92 Å². The van der Waals surface area contributed by atoms with E-state index in [-0.39, 0.29) is 5.78 Å². The van der Waals surface area contributed by atoms with E-state index in [1.165, 1.54) is 0 Å². The fourth-order valence-corrected chi connectivity index (χ4v) is 2.78. The maximum atomic E-state index is 11.4. The molecule has 0 atom stereocenters. The van der Waals surface area contributed by atoms with E-state index in [4.69, 9.17) is 11.6 Å². The van der Waals surface area contributed by atoms with Crippen LogP contribution in [-0.4, -0.2) is 10.8 Å². The average molecular weight is 334 g/mol. The van der Waals surface area contributed by atoms with Crippen molar-refractivity contribution in [2.45, 2.75) is 13.8 Å². The van der Waals surface area contributed by atoms with Gasteiger partial charge in [0.05, 0.1) is 16.2 Å². The van der Waals surface area contributed by atoms with Crippen LogP contribution < -0.4 is 0 Å². The molecule has 0 saturated carbocycles. The number of halogens is 2. The molecule has 1 aromatic carbocycles. The van der Waals surface area contributed by atoms with Gasteiger partial charge in [-0.1, -0.05) is 11.6 Å². The Morgan fingerprint density at radius 2 is 2.13 bits per heavy atom. The summed E-state index contributed by atoms with van der Waals surface area (Å²) in [4.78, 5) is 14.4. The van der Waals surface area contributed by atoms with Gasteiger partial charge in [-0.15, -0.1) is 0 Å². The van der Waals surface area contributed by atoms with Crippen LogP contribution in [0, 0.1) is 10.5 Å². The molecule has 0 aliphatic carbocycles. The summed E-state index contributed by atoms with van der Waals surface area (Å²) in [6.07, 6.45) is 0. The number of carbonyl (C=O) groups excluding carboxylic acids is 1. The normalized spacial score (nSPS) is 10.9. The summed E-state index contributed by atoms with van der Waals surface area (Å²) in [6.45, 7) is 3.48. The predicted octanol–water partition coefficient (Wildman–Crippen LogP) is 3.94. The lowest BCUT2D eigenvalue weighted by molar-refractivity contribution is 0.101. The van der Waals surface area contributed by atoms with Crippen molar-refractivity contribution in [3.63, 3.8) is 0 Å². The van der Waals surface area contributed by atoms with E-state index in [2.05, 4.69) is 27.6 Å². The molecule has 1 N–H and O–H groups in total. The van der Waals surface area contributed by atoms with Crippen LogP contribution in [-0.2, 0) is 0 Å². The van der Waals surface area contributed by atoms with E-state index in [1.807, 2.05) is 19.1 Å². The minimum absolute atomic E-state index is 0.0368. The molecule has 1 heterocycles. The molecular formula is C11H9ClINO. The van der Waals surface area contributed by atoms with Gasteiger partial charge in [0.25, 0.3) is 0 Å². The highest BCUT2D eigenvalue weighted by Gasteiger charge is 2.13. The Kier molecular flexibility index (Phi) is 2.77. The van der Waals surface area contributed by atoms with Crippen LogP contribution in [0.2, 0.25) is 5.02 Å². The zero-order valence-electron chi connectivity index (χ0n) is 8.32. The summed E-state index contributed by atoms with van der Waals surface area (Å²) in [5.41, 5.74) is 2.46. The summed E-state index contributed by atoms with van der Waals surface area (Å²) in [5, 5.41) is 1.68. The molecule has 0 unspecified atom stereocenters. The number of aromatic nitrogens is 1. The summed E-state index contributed by atoms with van der Waals surface area (Å²) in [6, 6.07) is 3.91. The van der Waals surface area contributed by atoms with Gasteiger partial charge in [0, 0.05) is 15.9 Å². The molecule has 0 bridgehead atoms. The van der Waals surface area contributed by atoms with Crippen molar-refractivity contribution >= 4 is 50.9 Å². The highest BCUT2D eigenvalue weighted by atomic mass is 127. The second-order valence-electron chi connectivity index (χ2n) is 3.49. The number of ketones is 1. The molecule has 0 fully saturated rings. The zero-order valence-corrected chi connectivity index (χ0v) is 11.2. The van der Waals surface area contributed by atoms with Gasteiger partial charge >= 0.3 is 0 Å². The van der Waals surface area contributed by atoms with E-state index in [0.717, 1.165) is 20.0 Å². The molecule has 0 amide bonds. The van der Waals surface area contributed by atoms with Crippen LogP contribution in [0.5, 0.6) is 0 Å². The van der Waals surface area contributed by atoms with Crippen LogP contribution in [0.1, 0.15) is 23.0 Å². The Labute approximate surface area is 106 Å². The second kappa shape index (κ2) is 3.79. The van der Waals surface area contributed by atoms with Gasteiger partial charge in [0.1, 0.15) is 0 Å². The number of benzene rings is 1. The number of Topliss-reactive ketones (excluding diaryl/α,β-unsaturated/α-hetero) is 1. The third-order valence-corrected chi connectivity index (χ3v) is 3.36. The van der Waals surface area contributed by atoms with Crippen molar-refractivity contribution in [2.75, 3.05) is 0 Å². The number of aryl methyl sites for hydroxylation is 1. The van der Waals surface area contributed by atoms with E-state index >= 15 is 0 Å². The molecule has 1 aromatic heterocycles. The molecule has 2 nitrogen and oxygen atoms in total. The number of rotatable bonds is 1. The van der Waals surface area contributed by atoms with E-state index in [0.29, 0.717) is 10.7 Å². The summed E-state index contributed by atoms with van der Waals surface area (Å²) >= 11 is 8.32. The largest absolute Gasteiger partial charge is 0.351 e. The monoisotopic (exact) mass is 333 g/mol. The van der Waals surface area contributed by atoms with Crippen LogP contribution >= 0.6 is 34.2 Å². The van der Waals surface area contributed by atoms with Gasteiger partial charge in [-0.3, -0.25) is 4.79 Å². The molecule has 0 aliphatic rings. The molecule has 78 valence electrons. The average Bonchev–Trinajstić information content (AvgIpc) is 2.44. The Balaban J connectivity index is 2.88. The first-order valence-corrected chi connectivity index (χ1v) is 5.94. The third-order valence-electron chi connectivity index (χ3n) is 2.44. The third kappa shape index (κ3) is 1.78. The number of nitrogens with one attached hydrogen (secondary N) is 1. The highest BCUT2D eigenvalue weighted by molar-refractivity contribution is 14.1. The molecule has 15 heavy (non-hydrogen) atoms. The molecule has 0 radical (unpaired) electrons. The Bertz CT molecular complexity index is 559. The molecular weight excluding hydrogens is 324 g/mol. The molecule has 0 aliphatic heterocycles. The quantitative estimate of drug-likeness (QED) is 0.622. The molecule has 4 heteroatoms. The van der Waals surface area contributed by atoms with Crippen molar-refractivity contribution in [1.82, 2.24) is 4.98 Å². The Morgan fingerprint density at radius 3 is 2.73 bits per heavy atom. The standard InChI is InChI=1S/C11H9ClINO/c1-5-8-3-7(13)4-9(12)11(8)14-10(5)6(2)15/h3-4,14H,1-2H3. The minimum atomic E-state index is 0.0368. The Morgan fingerprint density at radius 1 is 1.47 bits per heavy atom. The maximum Gasteiger partial charge on any atom is 0.176 e. The van der Waals surface area contributed by atoms with Crippen LogP contribution in [0.4, 0.5) is 0 Å². The SMILES string of the molecule is CC(=O)c1[nH]c2c(Cl)cc(I)cc2c1C. The topological polar surface area (TPSA) is 32.9 Å². The van der Waals surface area contributed by atoms with Gasteiger partial charge in [-0.2, -0.15) is 0 Å². The maximum absolute atomic E-state index is 11.4. The van der Waals surface area contributed by atoms with Crippen molar-refractivity contribution in [2.24, 2.45) is 0 Å². The first kappa shape index (κ1) is 11.0. The minimum Gasteiger partial charge on any atom is -0.351 e. The lowest BCUT2D eigenvalue weighted by Crippen LogP contribution is -1.93. The zero-order chi connectivity index (χ0) is 11.2. The predicted molar refractivity (Wildman–Crippen MR) is 70.8 cm³/mol.